The Kier molecular flexibility index (Phi) is 10.0. The van der Waals surface area contributed by atoms with Crippen LogP contribution in [0.15, 0.2) is 40.9 Å². The van der Waals surface area contributed by atoms with E-state index in [9.17, 15) is 9.59 Å². The molecule has 2 aromatic carbocycles. The molecule has 2 amide bonds. The van der Waals surface area contributed by atoms with Crippen molar-refractivity contribution in [2.24, 2.45) is 0 Å². The Morgan fingerprint density at radius 2 is 1.77 bits per heavy atom. The third kappa shape index (κ3) is 7.47. The predicted molar refractivity (Wildman–Crippen MR) is 142 cm³/mol. The number of halogens is 1. The average molecular weight is 546 g/mol. The summed E-state index contributed by atoms with van der Waals surface area (Å²) in [6.07, 6.45) is 6.00. The van der Waals surface area contributed by atoms with E-state index in [-0.39, 0.29) is 24.5 Å². The maximum atomic E-state index is 13.5. The van der Waals surface area contributed by atoms with E-state index in [1.165, 1.54) is 6.42 Å². The summed E-state index contributed by atoms with van der Waals surface area (Å²) in [5.74, 6) is 1.03. The number of ether oxygens (including phenoxy) is 2. The molecule has 0 bridgehead atoms. The molecule has 35 heavy (non-hydrogen) atoms. The zero-order valence-electron chi connectivity index (χ0n) is 21.2. The highest BCUT2D eigenvalue weighted by Crippen LogP contribution is 2.27. The molecule has 0 aliphatic heterocycles. The van der Waals surface area contributed by atoms with Crippen molar-refractivity contribution in [3.8, 4) is 11.5 Å². The number of rotatable bonds is 10. The summed E-state index contributed by atoms with van der Waals surface area (Å²) < 4.78 is 12.3. The zero-order chi connectivity index (χ0) is 25.4. The Balaban J connectivity index is 1.79. The number of amides is 2. The molecule has 190 valence electrons. The SMILES string of the molecule is CC[C@H](C(=O)NC1CCCCC1)N(Cc1cccc(OC)c1)C(=O)COc1cc(C)c(Br)c(C)c1. The summed E-state index contributed by atoms with van der Waals surface area (Å²) in [6.45, 7) is 6.08. The fraction of sp³-hybridized carbons (Fsp3) is 0.500. The summed E-state index contributed by atoms with van der Waals surface area (Å²) in [6, 6.07) is 11.0. The quantitative estimate of drug-likeness (QED) is 0.416. The van der Waals surface area contributed by atoms with Crippen LogP contribution in [-0.4, -0.2) is 42.5 Å². The van der Waals surface area contributed by atoms with Gasteiger partial charge in [0.05, 0.1) is 7.11 Å². The highest BCUT2D eigenvalue weighted by molar-refractivity contribution is 9.10. The van der Waals surface area contributed by atoms with Crippen LogP contribution < -0.4 is 14.8 Å². The van der Waals surface area contributed by atoms with E-state index >= 15 is 0 Å². The Labute approximate surface area is 217 Å². The minimum absolute atomic E-state index is 0.0917. The van der Waals surface area contributed by atoms with Crippen molar-refractivity contribution in [1.29, 1.82) is 0 Å². The molecule has 0 unspecified atom stereocenters. The minimum Gasteiger partial charge on any atom is -0.497 e. The smallest absolute Gasteiger partial charge is 0.261 e. The lowest BCUT2D eigenvalue weighted by Crippen LogP contribution is -2.52. The van der Waals surface area contributed by atoms with E-state index in [0.29, 0.717) is 24.5 Å². The number of methoxy groups -OCH3 is 1. The molecule has 1 atom stereocenters. The van der Waals surface area contributed by atoms with E-state index in [1.54, 1.807) is 12.0 Å². The Morgan fingerprint density at radius 1 is 1.09 bits per heavy atom. The summed E-state index contributed by atoms with van der Waals surface area (Å²) in [5, 5.41) is 3.20. The largest absolute Gasteiger partial charge is 0.497 e. The fourth-order valence-corrected chi connectivity index (χ4v) is 4.88. The molecule has 2 aromatic rings. The van der Waals surface area contributed by atoms with E-state index in [2.05, 4.69) is 21.2 Å². The van der Waals surface area contributed by atoms with Gasteiger partial charge in [-0.2, -0.15) is 0 Å². The van der Waals surface area contributed by atoms with E-state index in [1.807, 2.05) is 57.2 Å². The average Bonchev–Trinajstić information content (AvgIpc) is 2.86. The summed E-state index contributed by atoms with van der Waals surface area (Å²) in [4.78, 5) is 28.5. The number of nitrogens with zero attached hydrogens (tertiary/aromatic N) is 1. The van der Waals surface area contributed by atoms with Gasteiger partial charge in [-0.25, -0.2) is 0 Å². The number of carbonyl (C=O) groups excluding carboxylic acids is 2. The zero-order valence-corrected chi connectivity index (χ0v) is 22.8. The normalized spacial score (nSPS) is 14.8. The van der Waals surface area contributed by atoms with Gasteiger partial charge in [-0.05, 0) is 74.1 Å². The first kappa shape index (κ1) is 27.1. The van der Waals surface area contributed by atoms with Crippen LogP contribution in [0.25, 0.3) is 0 Å². The molecule has 0 saturated heterocycles. The first-order valence-electron chi connectivity index (χ1n) is 12.4. The van der Waals surface area contributed by atoms with Gasteiger partial charge < -0.3 is 19.7 Å². The van der Waals surface area contributed by atoms with Crippen molar-refractivity contribution in [3.05, 3.63) is 57.6 Å². The fourth-order valence-electron chi connectivity index (χ4n) is 4.65. The van der Waals surface area contributed by atoms with Crippen molar-refractivity contribution < 1.29 is 19.1 Å². The first-order chi connectivity index (χ1) is 16.8. The number of nitrogens with one attached hydrogen (secondary N) is 1. The Hall–Kier alpha value is -2.54. The van der Waals surface area contributed by atoms with Crippen molar-refractivity contribution in [1.82, 2.24) is 10.2 Å². The maximum Gasteiger partial charge on any atom is 0.261 e. The van der Waals surface area contributed by atoms with Gasteiger partial charge in [0, 0.05) is 17.1 Å². The predicted octanol–water partition coefficient (Wildman–Crippen LogP) is 5.71. The summed E-state index contributed by atoms with van der Waals surface area (Å²) in [7, 11) is 1.62. The number of hydrogen-bond acceptors (Lipinski definition) is 4. The third-order valence-corrected chi connectivity index (χ3v) is 7.85. The molecule has 0 aromatic heterocycles. The highest BCUT2D eigenvalue weighted by Gasteiger charge is 2.30. The van der Waals surface area contributed by atoms with Crippen LogP contribution in [0.5, 0.6) is 11.5 Å². The molecule has 3 rings (SSSR count). The summed E-state index contributed by atoms with van der Waals surface area (Å²) in [5.41, 5.74) is 2.98. The lowest BCUT2D eigenvalue weighted by atomic mass is 9.95. The standard InChI is InChI=1S/C28H37BrN2O4/c1-5-25(28(33)30-22-11-7-6-8-12-22)31(17-21-10-9-13-23(16-21)34-4)26(32)18-35-24-14-19(2)27(29)20(3)15-24/h9-10,13-16,22,25H,5-8,11-12,17-18H2,1-4H3,(H,30,33)/t25-/m1/s1. The van der Waals surface area contributed by atoms with Crippen LogP contribution in [-0.2, 0) is 16.1 Å². The van der Waals surface area contributed by atoms with Gasteiger partial charge in [-0.3, -0.25) is 9.59 Å². The second-order valence-electron chi connectivity index (χ2n) is 9.30. The van der Waals surface area contributed by atoms with Gasteiger partial charge in [0.15, 0.2) is 6.61 Å². The van der Waals surface area contributed by atoms with Gasteiger partial charge in [0.1, 0.15) is 17.5 Å². The molecular weight excluding hydrogens is 508 g/mol. The molecule has 6 nitrogen and oxygen atoms in total. The Bertz CT molecular complexity index is 997. The Morgan fingerprint density at radius 3 is 2.40 bits per heavy atom. The van der Waals surface area contributed by atoms with Gasteiger partial charge in [-0.15, -0.1) is 0 Å². The molecule has 1 fully saturated rings. The molecule has 1 N–H and O–H groups in total. The molecule has 1 saturated carbocycles. The van der Waals surface area contributed by atoms with Crippen LogP contribution in [0.2, 0.25) is 0 Å². The van der Waals surface area contributed by atoms with Crippen LogP contribution in [0, 0.1) is 13.8 Å². The van der Waals surface area contributed by atoms with E-state index < -0.39 is 6.04 Å². The highest BCUT2D eigenvalue weighted by atomic mass is 79.9. The lowest BCUT2D eigenvalue weighted by molar-refractivity contribution is -0.143. The van der Waals surface area contributed by atoms with Gasteiger partial charge in [0.25, 0.3) is 5.91 Å². The second-order valence-corrected chi connectivity index (χ2v) is 10.1. The first-order valence-corrected chi connectivity index (χ1v) is 13.2. The molecule has 7 heteroatoms. The van der Waals surface area contributed by atoms with E-state index in [0.717, 1.165) is 46.8 Å². The maximum absolute atomic E-state index is 13.5. The van der Waals surface area contributed by atoms with Crippen molar-refractivity contribution in [2.75, 3.05) is 13.7 Å². The third-order valence-electron chi connectivity index (χ3n) is 6.60. The van der Waals surface area contributed by atoms with Crippen LogP contribution in [0.4, 0.5) is 0 Å². The minimum atomic E-state index is -0.576. The monoisotopic (exact) mass is 544 g/mol. The molecular formula is C28H37BrN2O4. The second kappa shape index (κ2) is 13.0. The van der Waals surface area contributed by atoms with Gasteiger partial charge in [-0.1, -0.05) is 54.2 Å². The topological polar surface area (TPSA) is 67.9 Å². The molecule has 1 aliphatic carbocycles. The van der Waals surface area contributed by atoms with Crippen LogP contribution in [0.3, 0.4) is 0 Å². The van der Waals surface area contributed by atoms with Crippen molar-refractivity contribution >= 4 is 27.7 Å². The van der Waals surface area contributed by atoms with Crippen LogP contribution >= 0.6 is 15.9 Å². The van der Waals surface area contributed by atoms with Crippen molar-refractivity contribution in [2.45, 2.75) is 77.9 Å². The summed E-state index contributed by atoms with van der Waals surface area (Å²) >= 11 is 3.56. The lowest BCUT2D eigenvalue weighted by Gasteiger charge is -2.32. The number of hydrogen-bond donors (Lipinski definition) is 1. The molecule has 0 radical (unpaired) electrons. The van der Waals surface area contributed by atoms with Crippen molar-refractivity contribution in [3.63, 3.8) is 0 Å². The van der Waals surface area contributed by atoms with E-state index in [4.69, 9.17) is 9.47 Å². The molecule has 0 heterocycles. The van der Waals surface area contributed by atoms with Crippen LogP contribution in [0.1, 0.15) is 62.1 Å². The number of benzene rings is 2. The van der Waals surface area contributed by atoms with Gasteiger partial charge in [0.2, 0.25) is 5.91 Å². The van der Waals surface area contributed by atoms with Gasteiger partial charge >= 0.3 is 0 Å². The molecule has 0 spiro atoms. The number of carbonyl (C=O) groups is 2. The number of aryl methyl sites for hydroxylation is 2. The molecule has 1 aliphatic rings.